The van der Waals surface area contributed by atoms with Gasteiger partial charge in [0.15, 0.2) is 0 Å². The molecule has 1 aliphatic heterocycles. The van der Waals surface area contributed by atoms with E-state index in [0.717, 1.165) is 24.1 Å². The van der Waals surface area contributed by atoms with Crippen LogP contribution in [0.5, 0.6) is 0 Å². The zero-order valence-electron chi connectivity index (χ0n) is 12.6. The quantitative estimate of drug-likeness (QED) is 0.751. The first kappa shape index (κ1) is 13.0. The SMILES string of the molecule is O[C@H]1c2ccncc2CC[C@@H]1[C@@H]1c2ccccc2-c2cncn21. The van der Waals surface area contributed by atoms with E-state index in [1.54, 1.807) is 6.20 Å². The lowest BCUT2D eigenvalue weighted by Gasteiger charge is -2.35. The third-order valence-electron chi connectivity index (χ3n) is 5.34. The summed E-state index contributed by atoms with van der Waals surface area (Å²) >= 11 is 0. The number of aliphatic hydroxyl groups is 1. The van der Waals surface area contributed by atoms with E-state index >= 15 is 0 Å². The van der Waals surface area contributed by atoms with E-state index in [9.17, 15) is 5.11 Å². The second kappa shape index (κ2) is 4.77. The fraction of sp³-hybridized carbons (Fsp3) is 0.263. The monoisotopic (exact) mass is 303 g/mol. The first-order valence-electron chi connectivity index (χ1n) is 8.06. The molecule has 0 saturated heterocycles. The summed E-state index contributed by atoms with van der Waals surface area (Å²) in [6, 6.07) is 10.6. The number of fused-ring (bicyclic) bond motifs is 4. The summed E-state index contributed by atoms with van der Waals surface area (Å²) in [5, 5.41) is 11.0. The molecule has 0 unspecified atom stereocenters. The molecule has 1 N–H and O–H groups in total. The number of pyridine rings is 1. The molecule has 3 atom stereocenters. The Morgan fingerprint density at radius 3 is 2.91 bits per heavy atom. The lowest BCUT2D eigenvalue weighted by Crippen LogP contribution is -2.28. The molecule has 0 radical (unpaired) electrons. The largest absolute Gasteiger partial charge is 0.388 e. The van der Waals surface area contributed by atoms with Crippen molar-refractivity contribution in [3.8, 4) is 11.3 Å². The molecule has 1 aliphatic carbocycles. The third kappa shape index (κ3) is 1.75. The molecule has 0 fully saturated rings. The second-order valence-corrected chi connectivity index (χ2v) is 6.44. The Morgan fingerprint density at radius 1 is 1.04 bits per heavy atom. The van der Waals surface area contributed by atoms with Gasteiger partial charge in [-0.15, -0.1) is 0 Å². The topological polar surface area (TPSA) is 50.9 Å². The van der Waals surface area contributed by atoms with Gasteiger partial charge in [-0.1, -0.05) is 24.3 Å². The Kier molecular flexibility index (Phi) is 2.70. The van der Waals surface area contributed by atoms with Gasteiger partial charge in [0.05, 0.1) is 30.4 Å². The highest BCUT2D eigenvalue weighted by atomic mass is 16.3. The molecule has 0 spiro atoms. The molecule has 23 heavy (non-hydrogen) atoms. The molecule has 4 nitrogen and oxygen atoms in total. The van der Waals surface area contributed by atoms with Gasteiger partial charge in [-0.05, 0) is 35.6 Å². The zero-order chi connectivity index (χ0) is 15.4. The second-order valence-electron chi connectivity index (χ2n) is 6.44. The van der Waals surface area contributed by atoms with Gasteiger partial charge < -0.3 is 9.67 Å². The highest BCUT2D eigenvalue weighted by Gasteiger charge is 2.40. The van der Waals surface area contributed by atoms with Crippen molar-refractivity contribution in [1.29, 1.82) is 0 Å². The first-order chi connectivity index (χ1) is 11.3. The molecule has 0 bridgehead atoms. The molecule has 114 valence electrons. The van der Waals surface area contributed by atoms with Crippen LogP contribution >= 0.6 is 0 Å². The van der Waals surface area contributed by atoms with Gasteiger partial charge in [-0.3, -0.25) is 4.98 Å². The van der Waals surface area contributed by atoms with Crippen LogP contribution in [0.1, 0.15) is 35.3 Å². The summed E-state index contributed by atoms with van der Waals surface area (Å²) in [6.07, 6.45) is 8.94. The van der Waals surface area contributed by atoms with Crippen LogP contribution in [0.25, 0.3) is 11.3 Å². The fourth-order valence-corrected chi connectivity index (χ4v) is 4.29. The van der Waals surface area contributed by atoms with Gasteiger partial charge in [0.1, 0.15) is 0 Å². The van der Waals surface area contributed by atoms with Gasteiger partial charge in [0, 0.05) is 23.9 Å². The third-order valence-corrected chi connectivity index (χ3v) is 5.34. The maximum Gasteiger partial charge on any atom is 0.0956 e. The Labute approximate surface area is 134 Å². The van der Waals surface area contributed by atoms with Crippen molar-refractivity contribution in [2.75, 3.05) is 0 Å². The van der Waals surface area contributed by atoms with Crippen molar-refractivity contribution in [3.05, 3.63) is 71.9 Å². The minimum Gasteiger partial charge on any atom is -0.388 e. The highest BCUT2D eigenvalue weighted by Crippen LogP contribution is 2.49. The van der Waals surface area contributed by atoms with Crippen molar-refractivity contribution in [1.82, 2.24) is 14.5 Å². The predicted octanol–water partition coefficient (Wildman–Crippen LogP) is 3.14. The molecular weight excluding hydrogens is 286 g/mol. The van der Waals surface area contributed by atoms with Crippen molar-refractivity contribution in [2.45, 2.75) is 25.0 Å². The molecule has 0 amide bonds. The zero-order valence-corrected chi connectivity index (χ0v) is 12.6. The number of hydrogen-bond donors (Lipinski definition) is 1. The Morgan fingerprint density at radius 2 is 1.96 bits per heavy atom. The number of aryl methyl sites for hydroxylation is 1. The number of aromatic nitrogens is 3. The minimum absolute atomic E-state index is 0.153. The summed E-state index contributed by atoms with van der Waals surface area (Å²) in [6.45, 7) is 0. The standard InChI is InChI=1S/C19H17N3O/c23-19-13-7-8-20-9-12(13)5-6-16(19)18-15-4-2-1-3-14(15)17-10-21-11-22(17)18/h1-4,7-11,16,18-19,23H,5-6H2/t16-,18+,19+/m1/s1. The van der Waals surface area contributed by atoms with Crippen molar-refractivity contribution in [2.24, 2.45) is 5.92 Å². The summed E-state index contributed by atoms with van der Waals surface area (Å²) < 4.78 is 2.23. The predicted molar refractivity (Wildman–Crippen MR) is 86.8 cm³/mol. The van der Waals surface area contributed by atoms with Crippen molar-refractivity contribution >= 4 is 0 Å². The lowest BCUT2D eigenvalue weighted by atomic mass is 9.76. The van der Waals surface area contributed by atoms with Gasteiger partial charge in [-0.2, -0.15) is 0 Å². The van der Waals surface area contributed by atoms with Crippen molar-refractivity contribution in [3.63, 3.8) is 0 Å². The van der Waals surface area contributed by atoms with E-state index in [4.69, 9.17) is 0 Å². The number of nitrogens with zero attached hydrogens (tertiary/aromatic N) is 3. The minimum atomic E-state index is -0.465. The normalized spacial score (nSPS) is 24.8. The number of hydrogen-bond acceptors (Lipinski definition) is 3. The number of aliphatic hydroxyl groups excluding tert-OH is 1. The van der Waals surface area contributed by atoms with E-state index in [2.05, 4.69) is 38.8 Å². The van der Waals surface area contributed by atoms with E-state index in [1.165, 1.54) is 16.7 Å². The van der Waals surface area contributed by atoms with Gasteiger partial charge in [0.2, 0.25) is 0 Å². The molecular formula is C19H17N3O. The number of imidazole rings is 1. The van der Waals surface area contributed by atoms with Crippen molar-refractivity contribution < 1.29 is 5.11 Å². The van der Waals surface area contributed by atoms with Crippen LogP contribution in [0.15, 0.2) is 55.2 Å². The van der Waals surface area contributed by atoms with E-state index in [1.807, 2.05) is 24.8 Å². The first-order valence-corrected chi connectivity index (χ1v) is 8.06. The fourth-order valence-electron chi connectivity index (χ4n) is 4.29. The Hall–Kier alpha value is -2.46. The molecule has 3 heterocycles. The average molecular weight is 303 g/mol. The smallest absolute Gasteiger partial charge is 0.0956 e. The highest BCUT2D eigenvalue weighted by molar-refractivity contribution is 5.69. The molecule has 2 aromatic heterocycles. The molecule has 4 heteroatoms. The van der Waals surface area contributed by atoms with Crippen LogP contribution in [-0.2, 0) is 6.42 Å². The van der Waals surface area contributed by atoms with Crippen LogP contribution in [0.4, 0.5) is 0 Å². The number of rotatable bonds is 1. The summed E-state index contributed by atoms with van der Waals surface area (Å²) in [4.78, 5) is 8.52. The maximum absolute atomic E-state index is 11.0. The average Bonchev–Trinajstić information content (AvgIpc) is 3.17. The molecule has 0 saturated carbocycles. The molecule has 1 aromatic carbocycles. The van der Waals surface area contributed by atoms with E-state index in [-0.39, 0.29) is 12.0 Å². The van der Waals surface area contributed by atoms with Gasteiger partial charge >= 0.3 is 0 Å². The van der Waals surface area contributed by atoms with Gasteiger partial charge in [-0.25, -0.2) is 4.98 Å². The molecule has 2 aliphatic rings. The molecule has 5 rings (SSSR count). The summed E-state index contributed by atoms with van der Waals surface area (Å²) in [7, 11) is 0. The van der Waals surface area contributed by atoms with E-state index < -0.39 is 6.10 Å². The number of benzene rings is 1. The summed E-state index contributed by atoms with van der Waals surface area (Å²) in [5.74, 6) is 0.154. The Bertz CT molecular complexity index is 886. The van der Waals surface area contributed by atoms with Crippen LogP contribution < -0.4 is 0 Å². The van der Waals surface area contributed by atoms with Crippen LogP contribution in [-0.4, -0.2) is 19.6 Å². The van der Waals surface area contributed by atoms with Crippen LogP contribution in [0, 0.1) is 5.92 Å². The van der Waals surface area contributed by atoms with Gasteiger partial charge in [0.25, 0.3) is 0 Å². The Balaban J connectivity index is 1.64. The van der Waals surface area contributed by atoms with Crippen LogP contribution in [0.2, 0.25) is 0 Å². The maximum atomic E-state index is 11.0. The van der Waals surface area contributed by atoms with Crippen LogP contribution in [0.3, 0.4) is 0 Å². The summed E-state index contributed by atoms with van der Waals surface area (Å²) in [5.41, 5.74) is 5.89. The molecule has 3 aromatic rings. The lowest BCUT2D eigenvalue weighted by molar-refractivity contribution is 0.0718. The van der Waals surface area contributed by atoms with E-state index in [0.29, 0.717) is 0 Å².